The molecule has 3 rings (SSSR count). The molecule has 254 valence electrons. The molecule has 0 amide bonds. The highest BCUT2D eigenvalue weighted by Crippen LogP contribution is 2.25. The first-order valence-electron chi connectivity index (χ1n) is 14.3. The average Bonchev–Trinajstić information content (AvgIpc) is 3.08. The number of ether oxygens (including phenoxy) is 3. The molecule has 15 nitrogen and oxygen atoms in total. The zero-order valence-electron chi connectivity index (χ0n) is 26.4. The second-order valence-electron chi connectivity index (χ2n) is 10.4. The van der Waals surface area contributed by atoms with E-state index in [4.69, 9.17) is 14.2 Å². The van der Waals surface area contributed by atoms with Gasteiger partial charge in [0.1, 0.15) is 19.8 Å². The molecular formula is C33H32O15. The highest BCUT2D eigenvalue weighted by Gasteiger charge is 2.36. The molecule has 0 saturated heterocycles. The lowest BCUT2D eigenvalue weighted by molar-refractivity contribution is -0.217. The van der Waals surface area contributed by atoms with Crippen molar-refractivity contribution < 1.29 is 72.3 Å². The van der Waals surface area contributed by atoms with Gasteiger partial charge in [-0.2, -0.15) is 14.4 Å². The number of carbonyl (C=O) groups excluding carboxylic acids is 6. The van der Waals surface area contributed by atoms with Crippen LogP contribution in [0.25, 0.3) is 0 Å². The van der Waals surface area contributed by atoms with E-state index in [0.29, 0.717) is 0 Å². The van der Waals surface area contributed by atoms with E-state index in [1.807, 2.05) is 0 Å². The Morgan fingerprint density at radius 1 is 0.479 bits per heavy atom. The summed E-state index contributed by atoms with van der Waals surface area (Å²) in [7, 11) is 0. The first-order valence-corrected chi connectivity index (χ1v) is 14.3. The van der Waals surface area contributed by atoms with Crippen molar-refractivity contribution in [2.75, 3.05) is 19.8 Å². The summed E-state index contributed by atoms with van der Waals surface area (Å²) in [5.74, 6) is -2.93. The van der Waals surface area contributed by atoms with Crippen molar-refractivity contribution in [2.45, 2.75) is 34.1 Å². The first-order chi connectivity index (χ1) is 22.9. The lowest BCUT2D eigenvalue weighted by atomic mass is 9.88. The Bertz CT molecular complexity index is 1440. The number of benzene rings is 3. The molecule has 0 N–H and O–H groups in total. The second-order valence-corrected chi connectivity index (χ2v) is 10.4. The normalized spacial score (nSPS) is 10.5. The zero-order valence-corrected chi connectivity index (χ0v) is 26.4. The molecule has 0 saturated carbocycles. The summed E-state index contributed by atoms with van der Waals surface area (Å²) in [6.07, 6.45) is -4.37. The van der Waals surface area contributed by atoms with Gasteiger partial charge in [-0.1, -0.05) is 60.0 Å². The Morgan fingerprint density at radius 3 is 1.02 bits per heavy atom. The third kappa shape index (κ3) is 11.7. The first kappa shape index (κ1) is 36.3. The third-order valence-corrected chi connectivity index (χ3v) is 6.56. The Hall–Kier alpha value is -6.12. The van der Waals surface area contributed by atoms with Gasteiger partial charge in [-0.15, -0.1) is 0 Å². The minimum atomic E-state index is -1.50. The molecule has 48 heavy (non-hydrogen) atoms. The Balaban J connectivity index is 1.59. The van der Waals surface area contributed by atoms with E-state index < -0.39 is 61.6 Å². The quantitative estimate of drug-likeness (QED) is 0.105. The fraction of sp³-hybridized carbons (Fsp3) is 0.273. The lowest BCUT2D eigenvalue weighted by Gasteiger charge is -2.29. The summed E-state index contributed by atoms with van der Waals surface area (Å²) in [6, 6.07) is 18.9. The molecule has 3 aromatic carbocycles. The van der Waals surface area contributed by atoms with Gasteiger partial charge in [0, 0.05) is 0 Å². The van der Waals surface area contributed by atoms with Crippen LogP contribution in [0.3, 0.4) is 0 Å². The van der Waals surface area contributed by atoms with Gasteiger partial charge >= 0.3 is 36.4 Å². The highest BCUT2D eigenvalue weighted by molar-refractivity contribution is 5.90. The van der Waals surface area contributed by atoms with Crippen molar-refractivity contribution in [3.8, 4) is 0 Å². The molecule has 0 unspecified atom stereocenters. The van der Waals surface area contributed by atoms with Gasteiger partial charge in [0.05, 0.1) is 22.1 Å². The molecule has 0 aromatic heterocycles. The van der Waals surface area contributed by atoms with E-state index >= 15 is 0 Å². The van der Waals surface area contributed by atoms with E-state index in [1.165, 1.54) is 36.4 Å². The molecule has 3 aromatic rings. The molecule has 0 fully saturated rings. The van der Waals surface area contributed by atoms with Gasteiger partial charge in [-0.3, -0.25) is 0 Å². The minimum absolute atomic E-state index is 0.01000. The van der Waals surface area contributed by atoms with Crippen molar-refractivity contribution in [1.29, 1.82) is 0 Å². The van der Waals surface area contributed by atoms with Crippen LogP contribution in [0, 0.1) is 26.2 Å². The summed E-state index contributed by atoms with van der Waals surface area (Å²) in [4.78, 5) is 100. The molecule has 0 aliphatic rings. The Labute approximate surface area is 274 Å². The summed E-state index contributed by atoms with van der Waals surface area (Å²) in [5.41, 5.74) is 1.09. The van der Waals surface area contributed by atoms with Crippen LogP contribution >= 0.6 is 0 Å². The van der Waals surface area contributed by atoms with Crippen molar-refractivity contribution in [1.82, 2.24) is 0 Å². The maximum absolute atomic E-state index is 12.3. The van der Waals surface area contributed by atoms with Gasteiger partial charge in [0.25, 0.3) is 0 Å². The van der Waals surface area contributed by atoms with Gasteiger partial charge < -0.3 is 14.2 Å². The monoisotopic (exact) mass is 668 g/mol. The largest absolute Gasteiger partial charge is 0.549 e. The van der Waals surface area contributed by atoms with Crippen LogP contribution in [-0.4, -0.2) is 56.2 Å². The Morgan fingerprint density at radius 2 is 0.771 bits per heavy atom. The van der Waals surface area contributed by atoms with E-state index in [0.717, 1.165) is 16.7 Å². The van der Waals surface area contributed by atoms with Crippen LogP contribution in [0.5, 0.6) is 0 Å². The van der Waals surface area contributed by atoms with Gasteiger partial charge in [-0.25, -0.2) is 43.7 Å². The minimum Gasteiger partial charge on any atom is -0.431 e. The lowest BCUT2D eigenvalue weighted by Crippen LogP contribution is -2.39. The molecule has 0 atom stereocenters. The molecular weight excluding hydrogens is 636 g/mol. The number of hydrogen-bond donors (Lipinski definition) is 0. The van der Waals surface area contributed by atoms with Crippen molar-refractivity contribution in [2.24, 2.45) is 5.41 Å². The predicted octanol–water partition coefficient (Wildman–Crippen LogP) is 6.08. The number of rotatable bonds is 10. The molecule has 0 aliphatic carbocycles. The van der Waals surface area contributed by atoms with Crippen LogP contribution in [0.15, 0.2) is 72.8 Å². The maximum Gasteiger partial charge on any atom is 0.549 e. The standard InChI is InChI=1S/C33H32O15/c1-5-33(18-40-30(37)46-43-27(34)24-12-6-9-21(2)15-24,19-41-31(38)47-44-28(35)25-13-7-10-22(3)16-25)20-42-32(39)48-45-29(36)26-14-8-11-23(4)17-26/h6-17H,5,18-20H2,1-4H3. The van der Waals surface area contributed by atoms with E-state index in [-0.39, 0.29) is 23.1 Å². The molecule has 0 spiro atoms. The van der Waals surface area contributed by atoms with Crippen LogP contribution in [0.1, 0.15) is 61.1 Å². The van der Waals surface area contributed by atoms with Crippen LogP contribution in [0.4, 0.5) is 14.4 Å². The van der Waals surface area contributed by atoms with Crippen LogP contribution in [-0.2, 0) is 43.5 Å². The van der Waals surface area contributed by atoms with Crippen LogP contribution in [0.2, 0.25) is 0 Å². The topological polar surface area (TPSA) is 185 Å². The fourth-order valence-corrected chi connectivity index (χ4v) is 3.82. The summed E-state index contributed by atoms with van der Waals surface area (Å²) < 4.78 is 15.1. The van der Waals surface area contributed by atoms with Crippen LogP contribution < -0.4 is 0 Å². The highest BCUT2D eigenvalue weighted by atomic mass is 17.2. The SMILES string of the molecule is CCC(COC(=O)OOC(=O)c1cccc(C)c1)(COC(=O)OOC(=O)c1cccc(C)c1)COC(=O)OOC(=O)c1cccc(C)c1. The summed E-state index contributed by atoms with van der Waals surface area (Å²) >= 11 is 0. The number of carbonyl (C=O) groups is 6. The molecule has 15 heteroatoms. The maximum atomic E-state index is 12.3. The fourth-order valence-electron chi connectivity index (χ4n) is 3.82. The van der Waals surface area contributed by atoms with Crippen molar-refractivity contribution >= 4 is 36.4 Å². The average molecular weight is 669 g/mol. The second kappa shape index (κ2) is 17.5. The third-order valence-electron chi connectivity index (χ3n) is 6.56. The molecule has 0 aliphatic heterocycles. The molecule has 0 bridgehead atoms. The van der Waals surface area contributed by atoms with E-state index in [1.54, 1.807) is 64.1 Å². The molecule has 0 radical (unpaired) electrons. The van der Waals surface area contributed by atoms with Gasteiger partial charge in [0.15, 0.2) is 0 Å². The van der Waals surface area contributed by atoms with Gasteiger partial charge in [0.2, 0.25) is 0 Å². The van der Waals surface area contributed by atoms with E-state index in [9.17, 15) is 28.8 Å². The van der Waals surface area contributed by atoms with Gasteiger partial charge in [-0.05, 0) is 63.6 Å². The van der Waals surface area contributed by atoms with E-state index in [2.05, 4.69) is 29.3 Å². The summed E-state index contributed by atoms with van der Waals surface area (Å²) in [6.45, 7) is 4.87. The van der Waals surface area contributed by atoms with Crippen molar-refractivity contribution in [3.05, 3.63) is 106 Å². The molecule has 0 heterocycles. The predicted molar refractivity (Wildman–Crippen MR) is 160 cm³/mol. The summed E-state index contributed by atoms with van der Waals surface area (Å²) in [5, 5.41) is 0. The zero-order chi connectivity index (χ0) is 35.1. The number of aryl methyl sites for hydroxylation is 3. The smallest absolute Gasteiger partial charge is 0.431 e. The van der Waals surface area contributed by atoms with Crippen molar-refractivity contribution in [3.63, 3.8) is 0 Å². The number of hydrogen-bond acceptors (Lipinski definition) is 15. The Kier molecular flexibility index (Phi) is 13.3.